The van der Waals surface area contributed by atoms with Gasteiger partial charge >= 0.3 is 5.97 Å². The molecule has 0 aromatic carbocycles. The monoisotopic (exact) mass is 262 g/mol. The van der Waals surface area contributed by atoms with Crippen LogP contribution in [0.15, 0.2) is 28.2 Å². The minimum atomic E-state index is -0.845. The molecule has 0 aliphatic heterocycles. The number of imidazole rings is 1. The Bertz CT molecular complexity index is 709. The van der Waals surface area contributed by atoms with Crippen molar-refractivity contribution in [1.82, 2.24) is 9.38 Å². The van der Waals surface area contributed by atoms with E-state index in [-0.39, 0.29) is 6.42 Å². The van der Waals surface area contributed by atoms with E-state index in [1.54, 1.807) is 12.3 Å². The number of fused-ring (bicyclic) bond motifs is 1. The number of hydrogen-bond donors (Lipinski definition) is 1. The molecule has 0 saturated heterocycles. The number of aryl methyl sites for hydroxylation is 1. The molecule has 3 heterocycles. The van der Waals surface area contributed by atoms with Gasteiger partial charge in [-0.15, -0.1) is 11.3 Å². The summed E-state index contributed by atoms with van der Waals surface area (Å²) in [5.74, 6) is -0.146. The fraction of sp³-hybridized carbons (Fsp3) is 0.167. The number of carboxylic acids is 1. The molecular formula is C12H10N2O3S. The summed E-state index contributed by atoms with van der Waals surface area (Å²) in [5, 5.41) is 10.7. The number of nitrogens with zero attached hydrogens (tertiary/aromatic N) is 2. The lowest BCUT2D eigenvalue weighted by atomic mass is 10.2. The van der Waals surface area contributed by atoms with Gasteiger partial charge in [-0.3, -0.25) is 9.20 Å². The van der Waals surface area contributed by atoms with Gasteiger partial charge in [-0.1, -0.05) is 0 Å². The lowest BCUT2D eigenvalue weighted by Crippen LogP contribution is -2.03. The summed E-state index contributed by atoms with van der Waals surface area (Å²) in [6, 6.07) is 3.65. The maximum absolute atomic E-state index is 10.8. The second kappa shape index (κ2) is 3.99. The molecule has 5 nitrogen and oxygen atoms in total. The summed E-state index contributed by atoms with van der Waals surface area (Å²) in [7, 11) is 0. The first-order valence-electron chi connectivity index (χ1n) is 5.38. The number of carbonyl (C=O) groups is 1. The Morgan fingerprint density at radius 1 is 1.61 bits per heavy atom. The topological polar surface area (TPSA) is 67.7 Å². The van der Waals surface area contributed by atoms with Crippen molar-refractivity contribution >= 4 is 22.3 Å². The molecule has 1 N–H and O–H groups in total. The molecule has 18 heavy (non-hydrogen) atoms. The quantitative estimate of drug-likeness (QED) is 0.787. The number of aromatic nitrogens is 2. The van der Waals surface area contributed by atoms with Crippen molar-refractivity contribution in [2.75, 3.05) is 0 Å². The van der Waals surface area contributed by atoms with Crippen LogP contribution in [0.25, 0.3) is 16.4 Å². The van der Waals surface area contributed by atoms with E-state index < -0.39 is 5.97 Å². The maximum atomic E-state index is 10.8. The zero-order valence-electron chi connectivity index (χ0n) is 9.58. The van der Waals surface area contributed by atoms with Crippen LogP contribution in [0.3, 0.4) is 0 Å². The Labute approximate surface area is 106 Å². The molecule has 0 atom stereocenters. The van der Waals surface area contributed by atoms with Crippen molar-refractivity contribution in [1.29, 1.82) is 0 Å². The Morgan fingerprint density at radius 3 is 3.11 bits per heavy atom. The molecule has 0 spiro atoms. The molecule has 0 amide bonds. The maximum Gasteiger partial charge on any atom is 0.309 e. The fourth-order valence-electron chi connectivity index (χ4n) is 1.99. The Kier molecular flexibility index (Phi) is 2.45. The van der Waals surface area contributed by atoms with E-state index in [0.29, 0.717) is 5.76 Å². The van der Waals surface area contributed by atoms with Gasteiger partial charge in [0.2, 0.25) is 0 Å². The summed E-state index contributed by atoms with van der Waals surface area (Å²) in [4.78, 5) is 16.1. The highest BCUT2D eigenvalue weighted by Gasteiger charge is 2.17. The van der Waals surface area contributed by atoms with Crippen LogP contribution in [0.4, 0.5) is 0 Å². The third-order valence-corrected chi connectivity index (χ3v) is 3.63. The third-order valence-electron chi connectivity index (χ3n) is 2.75. The number of furan rings is 1. The van der Waals surface area contributed by atoms with E-state index in [2.05, 4.69) is 4.98 Å². The SMILES string of the molecule is Cc1c(-c2ccco2)nc2scc(CC(=O)O)n12. The number of carboxylic acid groups (broad SMARTS) is 1. The van der Waals surface area contributed by atoms with Gasteiger partial charge in [0.1, 0.15) is 5.69 Å². The molecule has 0 aliphatic rings. The summed E-state index contributed by atoms with van der Waals surface area (Å²) in [6.45, 7) is 1.91. The van der Waals surface area contributed by atoms with Crippen LogP contribution in [-0.4, -0.2) is 20.5 Å². The molecular weight excluding hydrogens is 252 g/mol. The summed E-state index contributed by atoms with van der Waals surface area (Å²) in [5.41, 5.74) is 2.40. The molecule has 0 aliphatic carbocycles. The van der Waals surface area contributed by atoms with E-state index >= 15 is 0 Å². The molecule has 0 bridgehead atoms. The van der Waals surface area contributed by atoms with Crippen LogP contribution < -0.4 is 0 Å². The van der Waals surface area contributed by atoms with Crippen LogP contribution in [0, 0.1) is 6.92 Å². The first-order chi connectivity index (χ1) is 8.66. The van der Waals surface area contributed by atoms with Crippen molar-refractivity contribution in [2.45, 2.75) is 13.3 Å². The molecule has 0 unspecified atom stereocenters. The first-order valence-corrected chi connectivity index (χ1v) is 6.26. The zero-order chi connectivity index (χ0) is 12.7. The zero-order valence-corrected chi connectivity index (χ0v) is 10.4. The standard InChI is InChI=1S/C12H10N2O3S/c1-7-11(9-3-2-4-17-9)13-12-14(7)8(6-18-12)5-10(15)16/h2-4,6H,5H2,1H3,(H,15,16). The lowest BCUT2D eigenvalue weighted by Gasteiger charge is -1.98. The van der Waals surface area contributed by atoms with Gasteiger partial charge < -0.3 is 9.52 Å². The van der Waals surface area contributed by atoms with Crippen LogP contribution in [-0.2, 0) is 11.2 Å². The highest BCUT2D eigenvalue weighted by Crippen LogP contribution is 2.28. The predicted octanol–water partition coefficient (Wildman–Crippen LogP) is 2.59. The highest BCUT2D eigenvalue weighted by atomic mass is 32.1. The van der Waals surface area contributed by atoms with Gasteiger partial charge in [0, 0.05) is 11.1 Å². The second-order valence-electron chi connectivity index (χ2n) is 3.94. The summed E-state index contributed by atoms with van der Waals surface area (Å²) in [6.07, 6.45) is 1.59. The van der Waals surface area contributed by atoms with E-state index in [0.717, 1.165) is 22.0 Å². The van der Waals surface area contributed by atoms with Gasteiger partial charge in [-0.2, -0.15) is 0 Å². The van der Waals surface area contributed by atoms with Crippen molar-refractivity contribution < 1.29 is 14.3 Å². The van der Waals surface area contributed by atoms with Crippen molar-refractivity contribution in [3.63, 3.8) is 0 Å². The molecule has 0 saturated carbocycles. The van der Waals surface area contributed by atoms with Crippen molar-refractivity contribution in [3.8, 4) is 11.5 Å². The Hall–Kier alpha value is -2.08. The average Bonchev–Trinajstić information content (AvgIpc) is 2.97. The number of hydrogen-bond acceptors (Lipinski definition) is 4. The predicted molar refractivity (Wildman–Crippen MR) is 66.8 cm³/mol. The first kappa shape index (κ1) is 11.0. The molecule has 3 aromatic heterocycles. The molecule has 92 valence electrons. The van der Waals surface area contributed by atoms with Crippen molar-refractivity contribution in [2.24, 2.45) is 0 Å². The van der Waals surface area contributed by atoms with E-state index in [4.69, 9.17) is 9.52 Å². The normalized spacial score (nSPS) is 11.2. The van der Waals surface area contributed by atoms with Crippen LogP contribution in [0.2, 0.25) is 0 Å². The minimum Gasteiger partial charge on any atom is -0.481 e. The van der Waals surface area contributed by atoms with E-state index in [9.17, 15) is 4.79 Å². The highest BCUT2D eigenvalue weighted by molar-refractivity contribution is 7.15. The lowest BCUT2D eigenvalue weighted by molar-refractivity contribution is -0.136. The smallest absolute Gasteiger partial charge is 0.309 e. The average molecular weight is 262 g/mol. The molecule has 3 aromatic rings. The van der Waals surface area contributed by atoms with Crippen LogP contribution in [0.5, 0.6) is 0 Å². The van der Waals surface area contributed by atoms with Gasteiger partial charge in [-0.05, 0) is 19.1 Å². The minimum absolute atomic E-state index is 0.00516. The van der Waals surface area contributed by atoms with Gasteiger partial charge in [0.25, 0.3) is 0 Å². The summed E-state index contributed by atoms with van der Waals surface area (Å²) >= 11 is 1.44. The molecule has 0 fully saturated rings. The van der Waals surface area contributed by atoms with Crippen LogP contribution >= 0.6 is 11.3 Å². The largest absolute Gasteiger partial charge is 0.481 e. The van der Waals surface area contributed by atoms with Gasteiger partial charge in [-0.25, -0.2) is 4.98 Å². The van der Waals surface area contributed by atoms with Crippen LogP contribution in [0.1, 0.15) is 11.4 Å². The number of rotatable bonds is 3. The fourth-order valence-corrected chi connectivity index (χ4v) is 2.92. The number of thiazole rings is 1. The Morgan fingerprint density at radius 2 is 2.44 bits per heavy atom. The number of aliphatic carboxylic acids is 1. The van der Waals surface area contributed by atoms with E-state index in [1.165, 1.54) is 11.3 Å². The third kappa shape index (κ3) is 1.62. The molecule has 0 radical (unpaired) electrons. The summed E-state index contributed by atoms with van der Waals surface area (Å²) < 4.78 is 7.20. The van der Waals surface area contributed by atoms with E-state index in [1.807, 2.05) is 22.8 Å². The second-order valence-corrected chi connectivity index (χ2v) is 4.78. The molecule has 3 rings (SSSR count). The Balaban J connectivity index is 2.18. The van der Waals surface area contributed by atoms with Gasteiger partial charge in [0.05, 0.1) is 18.4 Å². The van der Waals surface area contributed by atoms with Gasteiger partial charge in [0.15, 0.2) is 10.7 Å². The molecule has 6 heteroatoms. The van der Waals surface area contributed by atoms with Crippen molar-refractivity contribution in [3.05, 3.63) is 35.2 Å².